The maximum absolute atomic E-state index is 7.20. The van der Waals surface area contributed by atoms with Gasteiger partial charge in [-0.05, 0) is 110 Å². The van der Waals surface area contributed by atoms with Crippen LogP contribution in [0, 0.1) is 0 Å². The highest BCUT2D eigenvalue weighted by molar-refractivity contribution is 6.17. The third-order valence-electron chi connectivity index (χ3n) is 14.9. The van der Waals surface area contributed by atoms with Crippen LogP contribution in [0.15, 0.2) is 233 Å². The summed E-state index contributed by atoms with van der Waals surface area (Å²) in [5.41, 5.74) is 20.7. The van der Waals surface area contributed by atoms with Gasteiger partial charge < -0.3 is 13.7 Å². The minimum atomic E-state index is -0.554. The SMILES string of the molecule is CC1(C)c2ccccc2-c2ccc(N(c3cccc4c3-c3ccccc3C4(c3ccccc3)c3ccccc3)c3cccc4c3oc3cc5c(cc34)oc3cc(-c4ccccc4)ccc35)cc21. The Morgan fingerprint density at radius 2 is 0.940 bits per heavy atom. The van der Waals surface area contributed by atoms with E-state index >= 15 is 0 Å². The van der Waals surface area contributed by atoms with Crippen molar-refractivity contribution in [1.29, 1.82) is 0 Å². The van der Waals surface area contributed by atoms with E-state index in [0.29, 0.717) is 0 Å². The van der Waals surface area contributed by atoms with Crippen LogP contribution in [0.3, 0.4) is 0 Å². The van der Waals surface area contributed by atoms with Gasteiger partial charge in [-0.25, -0.2) is 0 Å². The number of furan rings is 2. The van der Waals surface area contributed by atoms with Gasteiger partial charge in [-0.3, -0.25) is 0 Å². The second-order valence-corrected chi connectivity index (χ2v) is 18.7. The number of fused-ring (bicyclic) bond motifs is 12. The molecule has 14 rings (SSSR count). The average molecular weight is 858 g/mol. The smallest absolute Gasteiger partial charge is 0.159 e. The predicted octanol–water partition coefficient (Wildman–Crippen LogP) is 17.3. The fourth-order valence-electron chi connectivity index (χ4n) is 11.9. The number of benzene rings is 10. The molecule has 0 bridgehead atoms. The zero-order valence-corrected chi connectivity index (χ0v) is 37.1. The molecule has 2 heterocycles. The van der Waals surface area contributed by atoms with Crippen LogP contribution in [-0.4, -0.2) is 0 Å². The molecule has 0 fully saturated rings. The van der Waals surface area contributed by atoms with Crippen molar-refractivity contribution in [2.45, 2.75) is 24.7 Å². The lowest BCUT2D eigenvalue weighted by Crippen LogP contribution is -2.28. The molecule has 0 unspecified atom stereocenters. The predicted molar refractivity (Wildman–Crippen MR) is 276 cm³/mol. The molecule has 0 saturated heterocycles. The molecule has 2 aliphatic carbocycles. The van der Waals surface area contributed by atoms with Crippen LogP contribution in [0.5, 0.6) is 0 Å². The lowest BCUT2D eigenvalue weighted by molar-refractivity contribution is 0.660. The highest BCUT2D eigenvalue weighted by atomic mass is 16.3. The Kier molecular flexibility index (Phi) is 7.95. The second-order valence-electron chi connectivity index (χ2n) is 18.7. The van der Waals surface area contributed by atoms with Gasteiger partial charge in [0.25, 0.3) is 0 Å². The van der Waals surface area contributed by atoms with Crippen molar-refractivity contribution in [3.8, 4) is 33.4 Å². The molecule has 67 heavy (non-hydrogen) atoms. The Hall–Kier alpha value is -8.40. The molecular weight excluding hydrogens is 815 g/mol. The van der Waals surface area contributed by atoms with E-state index in [1.165, 1.54) is 55.6 Å². The maximum atomic E-state index is 7.20. The highest BCUT2D eigenvalue weighted by Crippen LogP contribution is 2.60. The summed E-state index contributed by atoms with van der Waals surface area (Å²) < 4.78 is 13.9. The average Bonchev–Trinajstić information content (AvgIpc) is 4.09. The topological polar surface area (TPSA) is 29.5 Å². The van der Waals surface area contributed by atoms with Gasteiger partial charge in [-0.2, -0.15) is 0 Å². The summed E-state index contributed by atoms with van der Waals surface area (Å²) in [6.07, 6.45) is 0. The zero-order chi connectivity index (χ0) is 44.4. The lowest BCUT2D eigenvalue weighted by atomic mass is 9.68. The molecule has 0 amide bonds. The third-order valence-corrected chi connectivity index (χ3v) is 14.9. The van der Waals surface area contributed by atoms with E-state index in [1.54, 1.807) is 0 Å². The first-order chi connectivity index (χ1) is 33.0. The number of hydrogen-bond donors (Lipinski definition) is 0. The Bertz CT molecular complexity index is 3910. The molecular formula is C64H43NO2. The van der Waals surface area contributed by atoms with E-state index in [1.807, 2.05) is 6.07 Å². The summed E-state index contributed by atoms with van der Waals surface area (Å²) >= 11 is 0. The van der Waals surface area contributed by atoms with Crippen molar-refractivity contribution in [2.24, 2.45) is 0 Å². The third kappa shape index (κ3) is 5.28. The van der Waals surface area contributed by atoms with Crippen LogP contribution in [0.1, 0.15) is 47.2 Å². The van der Waals surface area contributed by atoms with Crippen LogP contribution in [0.2, 0.25) is 0 Å². The molecule has 10 aromatic carbocycles. The minimum Gasteiger partial charge on any atom is -0.456 e. The quantitative estimate of drug-likeness (QED) is 0.167. The highest BCUT2D eigenvalue weighted by Gasteiger charge is 2.47. The van der Waals surface area contributed by atoms with Gasteiger partial charge in [0.1, 0.15) is 16.7 Å². The van der Waals surface area contributed by atoms with Crippen molar-refractivity contribution in [3.63, 3.8) is 0 Å². The second kappa shape index (κ2) is 14.1. The number of anilines is 3. The fraction of sp³-hybridized carbons (Fsp3) is 0.0625. The van der Waals surface area contributed by atoms with Gasteiger partial charge in [0.15, 0.2) is 5.58 Å². The Morgan fingerprint density at radius 1 is 0.358 bits per heavy atom. The molecule has 0 spiro atoms. The first kappa shape index (κ1) is 37.9. The molecule has 3 nitrogen and oxygen atoms in total. The van der Waals surface area contributed by atoms with Crippen molar-refractivity contribution < 1.29 is 8.83 Å². The molecule has 0 aliphatic heterocycles. The van der Waals surface area contributed by atoms with Crippen LogP contribution in [0.4, 0.5) is 17.1 Å². The summed E-state index contributed by atoms with van der Waals surface area (Å²) in [6.45, 7) is 4.72. The van der Waals surface area contributed by atoms with Gasteiger partial charge in [0, 0.05) is 38.2 Å². The van der Waals surface area contributed by atoms with Crippen LogP contribution in [0.25, 0.3) is 77.3 Å². The molecule has 0 radical (unpaired) electrons. The van der Waals surface area contributed by atoms with Crippen LogP contribution in [-0.2, 0) is 10.8 Å². The molecule has 2 aliphatic rings. The molecule has 316 valence electrons. The summed E-state index contributed by atoms with van der Waals surface area (Å²) in [7, 11) is 0. The fourth-order valence-corrected chi connectivity index (χ4v) is 11.9. The van der Waals surface area contributed by atoms with Gasteiger partial charge >= 0.3 is 0 Å². The van der Waals surface area contributed by atoms with Crippen LogP contribution < -0.4 is 4.90 Å². The molecule has 12 aromatic rings. The molecule has 0 saturated carbocycles. The minimum absolute atomic E-state index is 0.196. The number of rotatable bonds is 6. The van der Waals surface area contributed by atoms with Crippen molar-refractivity contribution in [3.05, 3.63) is 258 Å². The molecule has 3 heteroatoms. The monoisotopic (exact) mass is 857 g/mol. The lowest BCUT2D eigenvalue weighted by Gasteiger charge is -2.34. The standard InChI is InChI=1S/C64H43NO2/c1-63(2)52-27-14-12-24-45(52)46-35-33-44(37-55(46)63)65(56-30-17-29-54-61(56)49-25-13-15-28-53(49)64(54,42-20-8-4-9-21-42)43-22-10-5-11-23-43)57-31-16-26-48-51-39-59-50(38-60(51)67-62(48)57)47-34-32-41(36-58(47)66-59)40-18-6-3-7-19-40/h3-39H,1-2H3. The molecule has 0 N–H and O–H groups in total. The zero-order valence-electron chi connectivity index (χ0n) is 37.1. The first-order valence-corrected chi connectivity index (χ1v) is 23.2. The van der Waals surface area contributed by atoms with E-state index < -0.39 is 5.41 Å². The Labute approximate surface area is 388 Å². The first-order valence-electron chi connectivity index (χ1n) is 23.2. The van der Waals surface area contributed by atoms with Gasteiger partial charge in [-0.15, -0.1) is 0 Å². The summed E-state index contributed by atoms with van der Waals surface area (Å²) in [6, 6.07) is 81.9. The van der Waals surface area contributed by atoms with Crippen molar-refractivity contribution in [2.75, 3.05) is 4.90 Å². The molecule has 2 aromatic heterocycles. The van der Waals surface area contributed by atoms with E-state index in [-0.39, 0.29) is 5.41 Å². The van der Waals surface area contributed by atoms with E-state index in [4.69, 9.17) is 8.83 Å². The van der Waals surface area contributed by atoms with Crippen molar-refractivity contribution in [1.82, 2.24) is 0 Å². The maximum Gasteiger partial charge on any atom is 0.159 e. The summed E-state index contributed by atoms with van der Waals surface area (Å²) in [5, 5.41) is 4.16. The van der Waals surface area contributed by atoms with E-state index in [2.05, 4.69) is 237 Å². The largest absolute Gasteiger partial charge is 0.456 e. The number of hydrogen-bond acceptors (Lipinski definition) is 3. The van der Waals surface area contributed by atoms with Crippen LogP contribution >= 0.6 is 0 Å². The number of nitrogens with zero attached hydrogens (tertiary/aromatic N) is 1. The van der Waals surface area contributed by atoms with Gasteiger partial charge in [0.2, 0.25) is 0 Å². The normalized spacial score (nSPS) is 14.1. The Morgan fingerprint density at radius 3 is 1.70 bits per heavy atom. The van der Waals surface area contributed by atoms with Crippen molar-refractivity contribution >= 4 is 60.9 Å². The number of para-hydroxylation sites is 1. The Balaban J connectivity index is 1.03. The van der Waals surface area contributed by atoms with E-state index in [0.717, 1.165) is 72.1 Å². The molecule has 0 atom stereocenters. The van der Waals surface area contributed by atoms with Gasteiger partial charge in [0.05, 0.1) is 16.8 Å². The van der Waals surface area contributed by atoms with E-state index in [9.17, 15) is 0 Å². The van der Waals surface area contributed by atoms with Gasteiger partial charge in [-0.1, -0.05) is 190 Å². The summed E-state index contributed by atoms with van der Waals surface area (Å²) in [4.78, 5) is 2.47. The summed E-state index contributed by atoms with van der Waals surface area (Å²) in [5.74, 6) is 0.